The van der Waals surface area contributed by atoms with Crippen molar-refractivity contribution in [2.45, 2.75) is 31.2 Å². The number of nitrogens with one attached hydrogen (secondary N) is 2. The first-order chi connectivity index (χ1) is 10.8. The van der Waals surface area contributed by atoms with Crippen LogP contribution in [0.5, 0.6) is 0 Å². The number of hydrazone groups is 1. The summed E-state index contributed by atoms with van der Waals surface area (Å²) in [7, 11) is 0. The number of alkyl halides is 3. The number of rotatable bonds is 3. The average Bonchev–Trinajstić information content (AvgIpc) is 2.46. The Kier molecular flexibility index (Phi) is 3.88. The highest BCUT2D eigenvalue weighted by molar-refractivity contribution is 6.04. The van der Waals surface area contributed by atoms with Crippen molar-refractivity contribution in [3.05, 3.63) is 29.3 Å². The SMILES string of the molecule is O=C1NN=C(c2ccc(NC3CC(O)C3)c(C(F)(F)F)c2)CO1. The van der Waals surface area contributed by atoms with Gasteiger partial charge in [-0.05, 0) is 25.0 Å². The number of anilines is 1. The average molecular weight is 329 g/mol. The topological polar surface area (TPSA) is 83.0 Å². The van der Waals surface area contributed by atoms with Crippen LogP contribution < -0.4 is 10.7 Å². The van der Waals surface area contributed by atoms with Gasteiger partial charge in [-0.1, -0.05) is 6.07 Å². The van der Waals surface area contributed by atoms with Crippen LogP contribution >= 0.6 is 0 Å². The van der Waals surface area contributed by atoms with E-state index >= 15 is 0 Å². The third kappa shape index (κ3) is 3.39. The minimum absolute atomic E-state index is 0.0421. The predicted octanol–water partition coefficient (Wildman–Crippen LogP) is 2.08. The maximum absolute atomic E-state index is 13.3. The van der Waals surface area contributed by atoms with Gasteiger partial charge in [0.15, 0.2) is 0 Å². The van der Waals surface area contributed by atoms with Crippen molar-refractivity contribution in [2.75, 3.05) is 11.9 Å². The van der Waals surface area contributed by atoms with Crippen molar-refractivity contribution in [1.82, 2.24) is 5.43 Å². The van der Waals surface area contributed by atoms with Crippen molar-refractivity contribution < 1.29 is 27.8 Å². The Morgan fingerprint density at radius 3 is 2.65 bits per heavy atom. The summed E-state index contributed by atoms with van der Waals surface area (Å²) in [5.74, 6) is 0. The predicted molar refractivity (Wildman–Crippen MR) is 75.1 cm³/mol. The molecule has 3 rings (SSSR count). The largest absolute Gasteiger partial charge is 0.442 e. The molecule has 0 bridgehead atoms. The first kappa shape index (κ1) is 15.6. The molecule has 1 aliphatic heterocycles. The third-order valence-electron chi connectivity index (χ3n) is 3.75. The van der Waals surface area contributed by atoms with Crippen LogP contribution in [0.2, 0.25) is 0 Å². The lowest BCUT2D eigenvalue weighted by Gasteiger charge is -2.33. The number of hydrogen-bond acceptors (Lipinski definition) is 5. The molecule has 0 unspecified atom stereocenters. The number of halogens is 3. The van der Waals surface area contributed by atoms with Crippen LogP contribution in [0.15, 0.2) is 23.3 Å². The van der Waals surface area contributed by atoms with Crippen LogP contribution in [0.4, 0.5) is 23.7 Å². The standard InChI is InChI=1S/C14H14F3N3O3/c15-14(16,17)10-3-7(12-6-23-13(22)20-19-12)1-2-11(10)18-8-4-9(21)5-8/h1-3,8-9,18,21H,4-6H2,(H,20,22). The normalized spacial score (nSPS) is 24.2. The second-order valence-corrected chi connectivity index (χ2v) is 5.47. The summed E-state index contributed by atoms with van der Waals surface area (Å²) in [4.78, 5) is 10.9. The summed E-state index contributed by atoms with van der Waals surface area (Å²) >= 11 is 0. The molecule has 0 spiro atoms. The van der Waals surface area contributed by atoms with Gasteiger partial charge >= 0.3 is 12.3 Å². The van der Waals surface area contributed by atoms with Gasteiger partial charge < -0.3 is 15.2 Å². The number of amides is 1. The highest BCUT2D eigenvalue weighted by Gasteiger charge is 2.36. The van der Waals surface area contributed by atoms with E-state index in [0.29, 0.717) is 12.8 Å². The minimum Gasteiger partial charge on any atom is -0.442 e. The van der Waals surface area contributed by atoms with E-state index in [2.05, 4.69) is 15.8 Å². The van der Waals surface area contributed by atoms with E-state index < -0.39 is 23.9 Å². The molecule has 1 fully saturated rings. The zero-order valence-electron chi connectivity index (χ0n) is 11.9. The zero-order valence-corrected chi connectivity index (χ0v) is 11.9. The van der Waals surface area contributed by atoms with E-state index in [1.807, 2.05) is 0 Å². The van der Waals surface area contributed by atoms with E-state index in [1.165, 1.54) is 12.1 Å². The molecular weight excluding hydrogens is 315 g/mol. The number of cyclic esters (lactones) is 1. The highest BCUT2D eigenvalue weighted by atomic mass is 19.4. The Morgan fingerprint density at radius 1 is 1.35 bits per heavy atom. The van der Waals surface area contributed by atoms with Gasteiger partial charge in [-0.2, -0.15) is 18.3 Å². The molecule has 0 aromatic heterocycles. The number of aliphatic hydroxyl groups is 1. The fourth-order valence-corrected chi connectivity index (χ4v) is 2.47. The lowest BCUT2D eigenvalue weighted by atomic mass is 9.89. The van der Waals surface area contributed by atoms with Crippen LogP contribution in [0.3, 0.4) is 0 Å². The molecule has 1 amide bonds. The minimum atomic E-state index is -4.54. The molecule has 0 radical (unpaired) electrons. The molecule has 6 nitrogen and oxygen atoms in total. The molecule has 2 aliphatic rings. The van der Waals surface area contributed by atoms with Crippen molar-refractivity contribution in [3.8, 4) is 0 Å². The summed E-state index contributed by atoms with van der Waals surface area (Å²) in [5, 5.41) is 15.7. The molecule has 1 heterocycles. The van der Waals surface area contributed by atoms with Crippen molar-refractivity contribution in [2.24, 2.45) is 5.10 Å². The Morgan fingerprint density at radius 2 is 2.09 bits per heavy atom. The number of nitrogens with zero attached hydrogens (tertiary/aromatic N) is 1. The van der Waals surface area contributed by atoms with Gasteiger partial charge in [0.2, 0.25) is 0 Å². The quantitative estimate of drug-likeness (QED) is 0.793. The molecule has 0 atom stereocenters. The van der Waals surface area contributed by atoms with Gasteiger partial charge in [-0.15, -0.1) is 0 Å². The smallest absolute Gasteiger partial charge is 0.428 e. The van der Waals surface area contributed by atoms with Gasteiger partial charge in [0.05, 0.1) is 11.7 Å². The van der Waals surface area contributed by atoms with Gasteiger partial charge in [0.25, 0.3) is 0 Å². The van der Waals surface area contributed by atoms with Crippen molar-refractivity contribution >= 4 is 17.5 Å². The van der Waals surface area contributed by atoms with Crippen LogP contribution in [0, 0.1) is 0 Å². The summed E-state index contributed by atoms with van der Waals surface area (Å²) in [6.45, 7) is -0.190. The Bertz CT molecular complexity index is 654. The number of hydrogen-bond donors (Lipinski definition) is 3. The number of aliphatic hydroxyl groups excluding tert-OH is 1. The molecule has 1 saturated carbocycles. The highest BCUT2D eigenvalue weighted by Crippen LogP contribution is 2.37. The maximum atomic E-state index is 13.3. The second kappa shape index (κ2) is 5.73. The van der Waals surface area contributed by atoms with E-state index in [4.69, 9.17) is 4.74 Å². The molecule has 3 N–H and O–H groups in total. The maximum Gasteiger partial charge on any atom is 0.428 e. The summed E-state index contributed by atoms with van der Waals surface area (Å²) < 4.78 is 44.5. The summed E-state index contributed by atoms with van der Waals surface area (Å²) in [5.41, 5.74) is 1.62. The first-order valence-electron chi connectivity index (χ1n) is 6.98. The Hall–Kier alpha value is -2.29. The van der Waals surface area contributed by atoms with Crippen LogP contribution in [-0.4, -0.2) is 35.7 Å². The second-order valence-electron chi connectivity index (χ2n) is 5.47. The lowest BCUT2D eigenvalue weighted by molar-refractivity contribution is -0.137. The zero-order chi connectivity index (χ0) is 16.6. The van der Waals surface area contributed by atoms with Crippen molar-refractivity contribution in [1.29, 1.82) is 0 Å². The van der Waals surface area contributed by atoms with E-state index in [-0.39, 0.29) is 29.6 Å². The Labute approximate surface area is 129 Å². The molecular formula is C14H14F3N3O3. The van der Waals surface area contributed by atoms with E-state index in [1.54, 1.807) is 0 Å². The van der Waals surface area contributed by atoms with Gasteiger partial charge in [-0.3, -0.25) is 0 Å². The third-order valence-corrected chi connectivity index (χ3v) is 3.75. The fraction of sp³-hybridized carbons (Fsp3) is 0.429. The molecule has 1 aromatic rings. The van der Waals surface area contributed by atoms with Crippen LogP contribution in [0.25, 0.3) is 0 Å². The van der Waals surface area contributed by atoms with E-state index in [0.717, 1.165) is 6.07 Å². The molecule has 1 aromatic carbocycles. The number of ether oxygens (including phenoxy) is 1. The summed E-state index contributed by atoms with van der Waals surface area (Å²) in [6, 6.07) is 3.59. The molecule has 124 valence electrons. The molecule has 1 aliphatic carbocycles. The Balaban J connectivity index is 1.88. The van der Waals surface area contributed by atoms with Crippen LogP contribution in [-0.2, 0) is 10.9 Å². The summed E-state index contributed by atoms with van der Waals surface area (Å²) in [6.07, 6.45) is -4.90. The van der Waals surface area contributed by atoms with Crippen molar-refractivity contribution in [3.63, 3.8) is 0 Å². The number of benzene rings is 1. The van der Waals surface area contributed by atoms with E-state index in [9.17, 15) is 23.1 Å². The van der Waals surface area contributed by atoms with Crippen LogP contribution in [0.1, 0.15) is 24.0 Å². The molecule has 9 heteroatoms. The fourth-order valence-electron chi connectivity index (χ4n) is 2.47. The lowest BCUT2D eigenvalue weighted by Crippen LogP contribution is -2.39. The van der Waals surface area contributed by atoms with Gasteiger partial charge in [0.1, 0.15) is 12.3 Å². The molecule has 0 saturated heterocycles. The number of carbonyl (C=O) groups excluding carboxylic acids is 1. The molecule has 23 heavy (non-hydrogen) atoms. The van der Waals surface area contributed by atoms with Gasteiger partial charge in [0, 0.05) is 17.3 Å². The monoisotopic (exact) mass is 329 g/mol. The van der Waals surface area contributed by atoms with Gasteiger partial charge in [-0.25, -0.2) is 10.2 Å². The first-order valence-corrected chi connectivity index (χ1v) is 6.98. The number of carbonyl (C=O) groups is 1.